The third-order valence-corrected chi connectivity index (χ3v) is 2.34. The largest absolute Gasteiger partial charge is 0.382 e. The molecule has 76 valence electrons. The van der Waals surface area contributed by atoms with E-state index in [1.165, 1.54) is 0 Å². The van der Waals surface area contributed by atoms with Gasteiger partial charge in [0.05, 0.1) is 5.56 Å². The average Bonchev–Trinajstić information content (AvgIpc) is 2.09. The SMILES string of the molecule is OC1(c2c(F)ccc(F)c2F)CNC1. The molecule has 0 radical (unpaired) electrons. The second-order valence-electron chi connectivity index (χ2n) is 3.35. The molecule has 0 unspecified atom stereocenters. The van der Waals surface area contributed by atoms with Crippen LogP contribution >= 0.6 is 0 Å². The van der Waals surface area contributed by atoms with E-state index in [-0.39, 0.29) is 13.1 Å². The molecular formula is C9H8F3NO. The van der Waals surface area contributed by atoms with E-state index >= 15 is 0 Å². The molecule has 1 aliphatic rings. The topological polar surface area (TPSA) is 32.3 Å². The summed E-state index contributed by atoms with van der Waals surface area (Å²) in [5, 5.41) is 12.3. The van der Waals surface area contributed by atoms with Gasteiger partial charge in [-0.1, -0.05) is 0 Å². The van der Waals surface area contributed by atoms with Crippen molar-refractivity contribution in [2.24, 2.45) is 0 Å². The lowest BCUT2D eigenvalue weighted by molar-refractivity contribution is -0.0213. The maximum atomic E-state index is 13.2. The van der Waals surface area contributed by atoms with Crippen LogP contribution in [0, 0.1) is 17.5 Å². The van der Waals surface area contributed by atoms with Crippen molar-refractivity contribution in [2.45, 2.75) is 5.60 Å². The minimum atomic E-state index is -1.61. The second kappa shape index (κ2) is 2.96. The Kier molecular flexibility index (Phi) is 2.01. The van der Waals surface area contributed by atoms with Gasteiger partial charge >= 0.3 is 0 Å². The smallest absolute Gasteiger partial charge is 0.167 e. The fourth-order valence-corrected chi connectivity index (χ4v) is 1.49. The summed E-state index contributed by atoms with van der Waals surface area (Å²) in [5.41, 5.74) is -2.20. The zero-order valence-electron chi connectivity index (χ0n) is 7.15. The summed E-state index contributed by atoms with van der Waals surface area (Å²) in [5.74, 6) is -3.39. The Morgan fingerprint density at radius 1 is 1.14 bits per heavy atom. The highest BCUT2D eigenvalue weighted by atomic mass is 19.2. The highest BCUT2D eigenvalue weighted by molar-refractivity contribution is 5.30. The lowest BCUT2D eigenvalue weighted by atomic mass is 9.87. The maximum absolute atomic E-state index is 13.2. The second-order valence-corrected chi connectivity index (χ2v) is 3.35. The van der Waals surface area contributed by atoms with Gasteiger partial charge < -0.3 is 10.4 Å². The van der Waals surface area contributed by atoms with Gasteiger partial charge in [-0.3, -0.25) is 0 Å². The summed E-state index contributed by atoms with van der Waals surface area (Å²) in [7, 11) is 0. The van der Waals surface area contributed by atoms with E-state index in [4.69, 9.17) is 0 Å². The molecule has 14 heavy (non-hydrogen) atoms. The standard InChI is InChI=1S/C9H8F3NO/c10-5-1-2-6(11)8(12)7(5)9(14)3-13-4-9/h1-2,13-14H,3-4H2. The average molecular weight is 203 g/mol. The fourth-order valence-electron chi connectivity index (χ4n) is 1.49. The van der Waals surface area contributed by atoms with E-state index in [9.17, 15) is 18.3 Å². The van der Waals surface area contributed by atoms with E-state index in [1.807, 2.05) is 0 Å². The lowest BCUT2D eigenvalue weighted by Crippen LogP contribution is -2.57. The number of rotatable bonds is 1. The molecule has 1 fully saturated rings. The van der Waals surface area contributed by atoms with Crippen molar-refractivity contribution >= 4 is 0 Å². The van der Waals surface area contributed by atoms with Crippen LogP contribution in [0.1, 0.15) is 5.56 Å². The van der Waals surface area contributed by atoms with Crippen molar-refractivity contribution in [1.29, 1.82) is 0 Å². The van der Waals surface area contributed by atoms with Crippen LogP contribution in [-0.2, 0) is 5.60 Å². The molecule has 1 heterocycles. The summed E-state index contributed by atoms with van der Waals surface area (Å²) < 4.78 is 39.1. The minimum absolute atomic E-state index is 0.0320. The first-order valence-corrected chi connectivity index (χ1v) is 4.12. The van der Waals surface area contributed by atoms with Crippen LogP contribution in [0.5, 0.6) is 0 Å². The Morgan fingerprint density at radius 2 is 1.71 bits per heavy atom. The molecule has 1 aromatic carbocycles. The molecule has 1 saturated heterocycles. The third-order valence-electron chi connectivity index (χ3n) is 2.34. The van der Waals surface area contributed by atoms with Crippen molar-refractivity contribution in [3.05, 3.63) is 35.1 Å². The molecule has 2 nitrogen and oxygen atoms in total. The monoisotopic (exact) mass is 203 g/mol. The number of hydrogen-bond acceptors (Lipinski definition) is 2. The number of nitrogens with one attached hydrogen (secondary N) is 1. The summed E-state index contributed by atoms with van der Waals surface area (Å²) in [4.78, 5) is 0. The predicted molar refractivity (Wildman–Crippen MR) is 43.1 cm³/mol. The highest BCUT2D eigenvalue weighted by Gasteiger charge is 2.41. The van der Waals surface area contributed by atoms with Crippen LogP contribution in [0.15, 0.2) is 12.1 Å². The number of hydrogen-bond donors (Lipinski definition) is 2. The van der Waals surface area contributed by atoms with Gasteiger partial charge in [0, 0.05) is 13.1 Å². The summed E-state index contributed by atoms with van der Waals surface area (Å²) in [6, 6.07) is 1.51. The Morgan fingerprint density at radius 3 is 2.21 bits per heavy atom. The van der Waals surface area contributed by atoms with Crippen molar-refractivity contribution in [3.63, 3.8) is 0 Å². The first-order valence-electron chi connectivity index (χ1n) is 4.12. The minimum Gasteiger partial charge on any atom is -0.382 e. The summed E-state index contributed by atoms with van der Waals surface area (Å²) in [6.45, 7) is 0.0641. The third kappa shape index (κ3) is 1.20. The number of halogens is 3. The zero-order chi connectivity index (χ0) is 10.3. The summed E-state index contributed by atoms with van der Waals surface area (Å²) >= 11 is 0. The van der Waals surface area contributed by atoms with Crippen molar-refractivity contribution < 1.29 is 18.3 Å². The van der Waals surface area contributed by atoms with E-state index in [2.05, 4.69) is 5.32 Å². The van der Waals surface area contributed by atoms with Gasteiger partial charge in [-0.05, 0) is 12.1 Å². The van der Waals surface area contributed by atoms with Crippen molar-refractivity contribution in [3.8, 4) is 0 Å². The van der Waals surface area contributed by atoms with Crippen LogP contribution in [0.4, 0.5) is 13.2 Å². The van der Waals surface area contributed by atoms with Crippen LogP contribution in [0.3, 0.4) is 0 Å². The number of β-amino-alcohol motifs (C(OH)–C–C–N with tert-alkyl or cyclic N) is 1. The molecule has 0 bridgehead atoms. The highest BCUT2D eigenvalue weighted by Crippen LogP contribution is 2.30. The Balaban J connectivity index is 2.56. The van der Waals surface area contributed by atoms with Crippen LogP contribution in [0.25, 0.3) is 0 Å². The van der Waals surface area contributed by atoms with Crippen LogP contribution in [-0.4, -0.2) is 18.2 Å². The summed E-state index contributed by atoms with van der Waals surface area (Å²) in [6.07, 6.45) is 0. The molecule has 1 aliphatic heterocycles. The molecule has 0 amide bonds. The van der Waals surface area contributed by atoms with Gasteiger partial charge in [0.1, 0.15) is 11.4 Å². The molecule has 0 saturated carbocycles. The maximum Gasteiger partial charge on any atom is 0.167 e. The molecule has 5 heteroatoms. The molecule has 0 aliphatic carbocycles. The molecule has 2 N–H and O–H groups in total. The van der Waals surface area contributed by atoms with Gasteiger partial charge in [-0.2, -0.15) is 0 Å². The van der Waals surface area contributed by atoms with Gasteiger partial charge in [-0.15, -0.1) is 0 Å². The molecule has 0 atom stereocenters. The van der Waals surface area contributed by atoms with E-state index in [0.717, 1.165) is 6.07 Å². The van der Waals surface area contributed by atoms with E-state index in [0.29, 0.717) is 6.07 Å². The molecular weight excluding hydrogens is 195 g/mol. The van der Waals surface area contributed by atoms with Gasteiger partial charge in [0.25, 0.3) is 0 Å². The lowest BCUT2D eigenvalue weighted by Gasteiger charge is -2.38. The zero-order valence-corrected chi connectivity index (χ0v) is 7.15. The van der Waals surface area contributed by atoms with Gasteiger partial charge in [0.15, 0.2) is 11.6 Å². The Hall–Kier alpha value is -1.07. The normalized spacial score (nSPS) is 19.1. The first kappa shape index (κ1) is 9.48. The van der Waals surface area contributed by atoms with Crippen LogP contribution in [0.2, 0.25) is 0 Å². The Labute approximate surface area is 78.4 Å². The number of benzene rings is 1. The Bertz CT molecular complexity index is 377. The number of aliphatic hydroxyl groups is 1. The molecule has 0 aromatic heterocycles. The quantitative estimate of drug-likeness (QED) is 0.664. The van der Waals surface area contributed by atoms with Crippen molar-refractivity contribution in [2.75, 3.05) is 13.1 Å². The first-order chi connectivity index (χ1) is 6.54. The van der Waals surface area contributed by atoms with Gasteiger partial charge in [0.2, 0.25) is 0 Å². The molecule has 2 rings (SSSR count). The van der Waals surface area contributed by atoms with E-state index < -0.39 is 28.6 Å². The predicted octanol–water partition coefficient (Wildman–Crippen LogP) is 0.895. The molecule has 1 aromatic rings. The van der Waals surface area contributed by atoms with Crippen molar-refractivity contribution in [1.82, 2.24) is 5.32 Å². The van der Waals surface area contributed by atoms with Gasteiger partial charge in [-0.25, -0.2) is 13.2 Å². The van der Waals surface area contributed by atoms with E-state index in [1.54, 1.807) is 0 Å². The fraction of sp³-hybridized carbons (Fsp3) is 0.333. The molecule has 0 spiro atoms. The van der Waals surface area contributed by atoms with Crippen LogP contribution < -0.4 is 5.32 Å².